The highest BCUT2D eigenvalue weighted by Crippen LogP contribution is 2.27. The Balaban J connectivity index is 1.68. The van der Waals surface area contributed by atoms with Gasteiger partial charge < -0.3 is 5.32 Å². The van der Waals surface area contributed by atoms with Crippen molar-refractivity contribution in [1.82, 2.24) is 14.6 Å². The summed E-state index contributed by atoms with van der Waals surface area (Å²) < 4.78 is 1.86. The quantitative estimate of drug-likeness (QED) is 0.917. The molecule has 0 aromatic carbocycles. The fourth-order valence-electron chi connectivity index (χ4n) is 2.94. The predicted octanol–water partition coefficient (Wildman–Crippen LogP) is 3.42. The van der Waals surface area contributed by atoms with Gasteiger partial charge >= 0.3 is 0 Å². The molecule has 2 heterocycles. The average molecular weight is 258 g/mol. The van der Waals surface area contributed by atoms with Crippen molar-refractivity contribution in [1.29, 1.82) is 0 Å². The van der Waals surface area contributed by atoms with Crippen molar-refractivity contribution in [2.24, 2.45) is 5.92 Å². The summed E-state index contributed by atoms with van der Waals surface area (Å²) in [6.45, 7) is 4.37. The number of hydrogen-bond acceptors (Lipinski definition) is 3. The number of hydrogen-bond donors (Lipinski definition) is 1. The maximum absolute atomic E-state index is 4.53. The van der Waals surface area contributed by atoms with Crippen LogP contribution in [0.1, 0.15) is 44.6 Å². The second-order valence-electron chi connectivity index (χ2n) is 5.71. The summed E-state index contributed by atoms with van der Waals surface area (Å²) >= 11 is 0. The summed E-state index contributed by atoms with van der Waals surface area (Å²) in [6.07, 6.45) is 8.49. The third kappa shape index (κ3) is 2.72. The van der Waals surface area contributed by atoms with Crippen LogP contribution in [0.25, 0.3) is 5.65 Å². The molecule has 4 heteroatoms. The van der Waals surface area contributed by atoms with Crippen LogP contribution in [0.5, 0.6) is 0 Å². The summed E-state index contributed by atoms with van der Waals surface area (Å²) in [5.74, 6) is 1.69. The van der Waals surface area contributed by atoms with Crippen molar-refractivity contribution < 1.29 is 0 Å². The van der Waals surface area contributed by atoms with Crippen LogP contribution < -0.4 is 5.32 Å². The lowest BCUT2D eigenvalue weighted by atomic mass is 9.85. The minimum absolute atomic E-state index is 0.543. The van der Waals surface area contributed by atoms with Crippen molar-refractivity contribution in [2.45, 2.75) is 52.0 Å². The van der Waals surface area contributed by atoms with Crippen LogP contribution in [-0.2, 0) is 0 Å². The van der Waals surface area contributed by atoms with Gasteiger partial charge in [-0.25, -0.2) is 4.52 Å². The molecule has 1 fully saturated rings. The van der Waals surface area contributed by atoms with Crippen molar-refractivity contribution >= 4 is 11.6 Å². The number of nitrogens with one attached hydrogen (secondary N) is 1. The highest BCUT2D eigenvalue weighted by molar-refractivity contribution is 5.44. The van der Waals surface area contributed by atoms with E-state index in [-0.39, 0.29) is 0 Å². The zero-order valence-corrected chi connectivity index (χ0v) is 11.8. The van der Waals surface area contributed by atoms with Crippen LogP contribution in [0.4, 0.5) is 5.95 Å². The van der Waals surface area contributed by atoms with Gasteiger partial charge in [-0.2, -0.15) is 4.98 Å². The first-order valence-corrected chi connectivity index (χ1v) is 7.34. The monoisotopic (exact) mass is 258 g/mol. The van der Waals surface area contributed by atoms with Crippen LogP contribution in [0.3, 0.4) is 0 Å². The molecule has 3 rings (SSSR count). The van der Waals surface area contributed by atoms with E-state index in [0.717, 1.165) is 17.5 Å². The van der Waals surface area contributed by atoms with E-state index in [9.17, 15) is 0 Å². The van der Waals surface area contributed by atoms with Gasteiger partial charge in [0.25, 0.3) is 0 Å². The molecule has 2 aromatic rings. The lowest BCUT2D eigenvalue weighted by Crippen LogP contribution is -2.26. The molecule has 0 amide bonds. The first-order chi connectivity index (χ1) is 9.24. The molecule has 4 nitrogen and oxygen atoms in total. The Hall–Kier alpha value is -1.58. The molecule has 0 atom stereocenters. The summed E-state index contributed by atoms with van der Waals surface area (Å²) in [5.41, 5.74) is 2.11. The highest BCUT2D eigenvalue weighted by atomic mass is 15.3. The Labute approximate surface area is 114 Å². The van der Waals surface area contributed by atoms with E-state index in [2.05, 4.69) is 35.3 Å². The molecule has 1 aliphatic carbocycles. The minimum Gasteiger partial charge on any atom is -0.350 e. The smallest absolute Gasteiger partial charge is 0.243 e. The maximum Gasteiger partial charge on any atom is 0.243 e. The van der Waals surface area contributed by atoms with E-state index in [1.165, 1.54) is 37.7 Å². The number of anilines is 1. The Morgan fingerprint density at radius 2 is 2.05 bits per heavy atom. The Morgan fingerprint density at radius 3 is 2.79 bits per heavy atom. The van der Waals surface area contributed by atoms with Crippen LogP contribution in [0.2, 0.25) is 0 Å². The van der Waals surface area contributed by atoms with Crippen LogP contribution in [0.15, 0.2) is 18.3 Å². The van der Waals surface area contributed by atoms with Crippen LogP contribution in [-0.4, -0.2) is 20.6 Å². The van der Waals surface area contributed by atoms with E-state index in [0.29, 0.717) is 6.04 Å². The molecule has 0 bridgehead atoms. The maximum atomic E-state index is 4.53. The lowest BCUT2D eigenvalue weighted by Gasteiger charge is -2.27. The molecular formula is C15H22N4. The van der Waals surface area contributed by atoms with Crippen molar-refractivity contribution in [3.63, 3.8) is 0 Å². The third-order valence-corrected chi connectivity index (χ3v) is 4.24. The number of nitrogens with zero attached hydrogens (tertiary/aromatic N) is 3. The number of rotatable bonds is 3. The highest BCUT2D eigenvalue weighted by Gasteiger charge is 2.20. The molecule has 0 saturated heterocycles. The summed E-state index contributed by atoms with van der Waals surface area (Å²) in [4.78, 5) is 4.53. The largest absolute Gasteiger partial charge is 0.350 e. The van der Waals surface area contributed by atoms with Crippen molar-refractivity contribution in [2.75, 3.05) is 5.32 Å². The molecule has 1 aliphatic rings. The molecule has 0 radical (unpaired) electrons. The standard InChI is InChI=1S/C15H22N4/c1-3-12-5-7-13(8-6-12)16-15-17-14-9-4-11(2)10-19(14)18-15/h4,9-10,12-13H,3,5-8H2,1-2H3,(H,16,18). The third-order valence-electron chi connectivity index (χ3n) is 4.24. The minimum atomic E-state index is 0.543. The molecule has 1 saturated carbocycles. The average Bonchev–Trinajstić information content (AvgIpc) is 2.81. The molecule has 0 unspecified atom stereocenters. The second kappa shape index (κ2) is 5.19. The number of fused-ring (bicyclic) bond motifs is 1. The lowest BCUT2D eigenvalue weighted by molar-refractivity contribution is 0.329. The van der Waals surface area contributed by atoms with Gasteiger partial charge in [0.2, 0.25) is 5.95 Å². The van der Waals surface area contributed by atoms with Crippen molar-refractivity contribution in [3.8, 4) is 0 Å². The summed E-state index contributed by atoms with van der Waals surface area (Å²) in [6, 6.07) is 4.63. The van der Waals surface area contributed by atoms with E-state index < -0.39 is 0 Å². The fraction of sp³-hybridized carbons (Fsp3) is 0.600. The van der Waals surface area contributed by atoms with Crippen molar-refractivity contribution in [3.05, 3.63) is 23.9 Å². The van der Waals surface area contributed by atoms with Gasteiger partial charge in [0, 0.05) is 12.2 Å². The molecule has 19 heavy (non-hydrogen) atoms. The topological polar surface area (TPSA) is 42.2 Å². The number of pyridine rings is 1. The van der Waals surface area contributed by atoms with E-state index in [1.54, 1.807) is 0 Å². The van der Waals surface area contributed by atoms with Gasteiger partial charge in [-0.3, -0.25) is 0 Å². The van der Waals surface area contributed by atoms with Gasteiger partial charge in [0.15, 0.2) is 5.65 Å². The molecule has 1 N–H and O–H groups in total. The SMILES string of the molecule is CCC1CCC(Nc2nc3ccc(C)cn3n2)CC1. The van der Waals surface area contributed by atoms with Gasteiger partial charge in [0.1, 0.15) is 0 Å². The molecule has 102 valence electrons. The second-order valence-corrected chi connectivity index (χ2v) is 5.71. The fourth-order valence-corrected chi connectivity index (χ4v) is 2.94. The normalized spacial score (nSPS) is 23.7. The van der Waals surface area contributed by atoms with Crippen LogP contribution in [0, 0.1) is 12.8 Å². The van der Waals surface area contributed by atoms with Crippen LogP contribution >= 0.6 is 0 Å². The molecule has 0 aliphatic heterocycles. The first kappa shape index (κ1) is 12.5. The van der Waals surface area contributed by atoms with E-state index in [4.69, 9.17) is 0 Å². The zero-order valence-electron chi connectivity index (χ0n) is 11.8. The Bertz CT molecular complexity index is 552. The predicted molar refractivity (Wildman–Crippen MR) is 77.4 cm³/mol. The van der Waals surface area contributed by atoms with Gasteiger partial charge in [-0.1, -0.05) is 19.4 Å². The first-order valence-electron chi connectivity index (χ1n) is 7.34. The van der Waals surface area contributed by atoms with E-state index >= 15 is 0 Å². The van der Waals surface area contributed by atoms with Gasteiger partial charge in [0.05, 0.1) is 0 Å². The molecule has 0 spiro atoms. The summed E-state index contributed by atoms with van der Waals surface area (Å²) in [5, 5.41) is 7.99. The summed E-state index contributed by atoms with van der Waals surface area (Å²) in [7, 11) is 0. The van der Waals surface area contributed by atoms with E-state index in [1.807, 2.05) is 16.8 Å². The van der Waals surface area contributed by atoms with Gasteiger partial charge in [-0.15, -0.1) is 5.10 Å². The Kier molecular flexibility index (Phi) is 3.40. The zero-order chi connectivity index (χ0) is 13.2. The number of aryl methyl sites for hydroxylation is 1. The molecular weight excluding hydrogens is 236 g/mol. The number of aromatic nitrogens is 3. The molecule has 2 aromatic heterocycles. The Morgan fingerprint density at radius 1 is 1.26 bits per heavy atom. The van der Waals surface area contributed by atoms with Gasteiger partial charge in [-0.05, 0) is 50.2 Å².